The van der Waals surface area contributed by atoms with E-state index in [1.807, 2.05) is 0 Å². The average molecular weight is 317 g/mol. The van der Waals surface area contributed by atoms with E-state index in [0.29, 0.717) is 38.2 Å². The van der Waals surface area contributed by atoms with Gasteiger partial charge in [0.2, 0.25) is 0 Å². The third kappa shape index (κ3) is 4.41. The van der Waals surface area contributed by atoms with Gasteiger partial charge in [0.1, 0.15) is 0 Å². The molecule has 2 rings (SSSR count). The topological polar surface area (TPSA) is 56.7 Å². The summed E-state index contributed by atoms with van der Waals surface area (Å²) in [4.78, 5) is 19.3. The van der Waals surface area contributed by atoms with Crippen LogP contribution in [0.5, 0.6) is 0 Å². The number of nitrogens with zero attached hydrogens (tertiary/aromatic N) is 3. The van der Waals surface area contributed by atoms with Gasteiger partial charge in [-0.25, -0.2) is 0 Å². The monoisotopic (exact) mass is 317 g/mol. The molecule has 1 atom stereocenters. The van der Waals surface area contributed by atoms with Crippen LogP contribution in [-0.4, -0.2) is 70.8 Å². The van der Waals surface area contributed by atoms with Crippen LogP contribution < -0.4 is 0 Å². The molecular formula is C14H18F3N3O2. The van der Waals surface area contributed by atoms with Crippen LogP contribution in [0.3, 0.4) is 0 Å². The number of aliphatic hydroxyl groups is 1. The summed E-state index contributed by atoms with van der Waals surface area (Å²) in [5, 5.41) is 9.13. The van der Waals surface area contributed by atoms with Gasteiger partial charge in [0.25, 0.3) is 5.91 Å². The second kappa shape index (κ2) is 7.06. The van der Waals surface area contributed by atoms with Gasteiger partial charge in [-0.3, -0.25) is 14.7 Å². The van der Waals surface area contributed by atoms with E-state index in [9.17, 15) is 18.0 Å². The highest BCUT2D eigenvalue weighted by molar-refractivity contribution is 5.94. The van der Waals surface area contributed by atoms with Crippen molar-refractivity contribution >= 4 is 5.91 Å². The molecule has 1 unspecified atom stereocenters. The first-order chi connectivity index (χ1) is 10.4. The highest BCUT2D eigenvalue weighted by Crippen LogP contribution is 2.21. The molecule has 0 aliphatic carbocycles. The highest BCUT2D eigenvalue weighted by Gasteiger charge is 2.39. The second-order valence-electron chi connectivity index (χ2n) is 5.24. The van der Waals surface area contributed by atoms with Gasteiger partial charge in [-0.15, -0.1) is 0 Å². The van der Waals surface area contributed by atoms with E-state index in [4.69, 9.17) is 5.11 Å². The van der Waals surface area contributed by atoms with Crippen molar-refractivity contribution in [3.63, 3.8) is 0 Å². The first-order valence-electron chi connectivity index (χ1n) is 7.04. The van der Waals surface area contributed by atoms with Crippen LogP contribution in [-0.2, 0) is 0 Å². The van der Waals surface area contributed by atoms with Crippen molar-refractivity contribution in [2.75, 3.05) is 32.7 Å². The molecule has 0 bridgehead atoms. The molecule has 1 aromatic heterocycles. The van der Waals surface area contributed by atoms with Crippen LogP contribution in [0.15, 0.2) is 24.5 Å². The first kappa shape index (κ1) is 16.7. The van der Waals surface area contributed by atoms with E-state index in [0.717, 1.165) is 0 Å². The molecule has 1 aromatic rings. The zero-order valence-corrected chi connectivity index (χ0v) is 12.0. The largest absolute Gasteiger partial charge is 0.415 e. The molecule has 0 radical (unpaired) electrons. The van der Waals surface area contributed by atoms with Crippen LogP contribution in [0.2, 0.25) is 0 Å². The van der Waals surface area contributed by atoms with Crippen molar-refractivity contribution in [3.8, 4) is 0 Å². The van der Waals surface area contributed by atoms with Crippen molar-refractivity contribution in [1.29, 1.82) is 0 Å². The predicted octanol–water partition coefficient (Wildman–Crippen LogP) is 1.15. The molecule has 0 saturated carbocycles. The van der Waals surface area contributed by atoms with E-state index in [1.54, 1.807) is 17.0 Å². The van der Waals surface area contributed by atoms with E-state index < -0.39 is 18.8 Å². The molecule has 0 aromatic carbocycles. The van der Waals surface area contributed by atoms with Gasteiger partial charge >= 0.3 is 6.18 Å². The number of hydrogen-bond acceptors (Lipinski definition) is 4. The number of aromatic nitrogens is 1. The number of β-amino-alcohol motifs (C(OH)–C–C–N with tert-alkyl or cyclic N) is 1. The summed E-state index contributed by atoms with van der Waals surface area (Å²) in [6.45, 7) is 1.10. The molecule has 1 N–H and O–H groups in total. The summed E-state index contributed by atoms with van der Waals surface area (Å²) in [7, 11) is 0. The number of hydrogen-bond donors (Lipinski definition) is 1. The fraction of sp³-hybridized carbons (Fsp3) is 0.571. The number of carbonyl (C=O) groups is 1. The van der Waals surface area contributed by atoms with Crippen molar-refractivity contribution in [2.45, 2.75) is 18.7 Å². The van der Waals surface area contributed by atoms with E-state index >= 15 is 0 Å². The van der Waals surface area contributed by atoms with Crippen LogP contribution in [0.25, 0.3) is 0 Å². The van der Waals surface area contributed by atoms with Crippen molar-refractivity contribution in [3.05, 3.63) is 30.1 Å². The Morgan fingerprint density at radius 2 is 1.91 bits per heavy atom. The Morgan fingerprint density at radius 3 is 2.55 bits per heavy atom. The molecule has 1 saturated heterocycles. The predicted molar refractivity (Wildman–Crippen MR) is 73.3 cm³/mol. The van der Waals surface area contributed by atoms with E-state index in [-0.39, 0.29) is 5.91 Å². The van der Waals surface area contributed by atoms with Gasteiger partial charge in [0.15, 0.2) is 6.10 Å². The Hall–Kier alpha value is -1.67. The fourth-order valence-corrected chi connectivity index (χ4v) is 2.38. The normalized spacial score (nSPS) is 18.8. The summed E-state index contributed by atoms with van der Waals surface area (Å²) >= 11 is 0. The summed E-state index contributed by atoms with van der Waals surface area (Å²) in [6, 6.07) is 3.22. The zero-order chi connectivity index (χ0) is 16.2. The van der Waals surface area contributed by atoms with E-state index in [2.05, 4.69) is 4.98 Å². The lowest BCUT2D eigenvalue weighted by atomic mass is 10.2. The number of amides is 1. The van der Waals surface area contributed by atoms with Gasteiger partial charge in [0, 0.05) is 50.7 Å². The maximum absolute atomic E-state index is 12.4. The van der Waals surface area contributed by atoms with Crippen LogP contribution >= 0.6 is 0 Å². The minimum atomic E-state index is -4.61. The number of carbonyl (C=O) groups excluding carboxylic acids is 1. The molecule has 1 aliphatic heterocycles. The summed E-state index contributed by atoms with van der Waals surface area (Å²) in [6.07, 6.45) is -3.34. The molecule has 122 valence electrons. The van der Waals surface area contributed by atoms with Crippen LogP contribution in [0.4, 0.5) is 13.2 Å². The summed E-state index contributed by atoms with van der Waals surface area (Å²) in [5.74, 6) is -0.152. The number of alkyl halides is 3. The summed E-state index contributed by atoms with van der Waals surface area (Å²) < 4.78 is 37.2. The van der Waals surface area contributed by atoms with Gasteiger partial charge in [-0.2, -0.15) is 13.2 Å². The lowest BCUT2D eigenvalue weighted by molar-refractivity contribution is -0.208. The number of aliphatic hydroxyl groups excluding tert-OH is 1. The number of rotatable bonds is 3. The number of halogens is 3. The van der Waals surface area contributed by atoms with Crippen LogP contribution in [0, 0.1) is 0 Å². The van der Waals surface area contributed by atoms with Gasteiger partial charge in [-0.1, -0.05) is 0 Å². The molecular weight excluding hydrogens is 299 g/mol. The number of pyridine rings is 1. The third-order valence-electron chi connectivity index (χ3n) is 3.61. The maximum Gasteiger partial charge on any atom is 0.415 e. The minimum absolute atomic E-state index is 0.152. The van der Waals surface area contributed by atoms with Crippen LogP contribution in [0.1, 0.15) is 16.8 Å². The Balaban J connectivity index is 1.91. The molecule has 22 heavy (non-hydrogen) atoms. The Bertz CT molecular complexity index is 496. The molecule has 0 spiro atoms. The van der Waals surface area contributed by atoms with Gasteiger partial charge in [0.05, 0.1) is 0 Å². The lowest BCUT2D eigenvalue weighted by Crippen LogP contribution is -2.42. The maximum atomic E-state index is 12.4. The highest BCUT2D eigenvalue weighted by atomic mass is 19.4. The standard InChI is InChI=1S/C14H18F3N3O2/c15-14(16,17)12(21)10-19-6-1-7-20(9-8-19)13(22)11-2-4-18-5-3-11/h2-5,12,21H,1,6-10H2. The first-order valence-corrected chi connectivity index (χ1v) is 7.04. The molecule has 2 heterocycles. The fourth-order valence-electron chi connectivity index (χ4n) is 2.38. The quantitative estimate of drug-likeness (QED) is 0.909. The Morgan fingerprint density at radius 1 is 1.23 bits per heavy atom. The summed E-state index contributed by atoms with van der Waals surface area (Å²) in [5.41, 5.74) is 0.513. The molecule has 1 aliphatic rings. The molecule has 5 nitrogen and oxygen atoms in total. The SMILES string of the molecule is O=C(c1ccncc1)N1CCCN(CC(O)C(F)(F)F)CC1. The average Bonchev–Trinajstić information content (AvgIpc) is 2.72. The molecule has 1 fully saturated rings. The van der Waals surface area contributed by atoms with Gasteiger partial charge < -0.3 is 10.0 Å². The zero-order valence-electron chi connectivity index (χ0n) is 12.0. The smallest absolute Gasteiger partial charge is 0.382 e. The van der Waals surface area contributed by atoms with Crippen molar-refractivity contribution in [2.24, 2.45) is 0 Å². The second-order valence-corrected chi connectivity index (χ2v) is 5.24. The van der Waals surface area contributed by atoms with Gasteiger partial charge in [-0.05, 0) is 18.6 Å². The Kier molecular flexibility index (Phi) is 5.36. The van der Waals surface area contributed by atoms with Crippen molar-refractivity contribution in [1.82, 2.24) is 14.8 Å². The molecule has 8 heteroatoms. The minimum Gasteiger partial charge on any atom is -0.382 e. The lowest BCUT2D eigenvalue weighted by Gasteiger charge is -2.25. The third-order valence-corrected chi connectivity index (χ3v) is 3.61. The molecule has 1 amide bonds. The van der Waals surface area contributed by atoms with E-state index in [1.165, 1.54) is 17.3 Å². The van der Waals surface area contributed by atoms with Crippen molar-refractivity contribution < 1.29 is 23.1 Å². The Labute approximate surface area is 126 Å².